The van der Waals surface area contributed by atoms with Crippen molar-refractivity contribution in [3.63, 3.8) is 0 Å². The van der Waals surface area contributed by atoms with Crippen LogP contribution in [0.4, 0.5) is 13.2 Å². The second-order valence-electron chi connectivity index (χ2n) is 7.54. The van der Waals surface area contributed by atoms with Crippen molar-refractivity contribution in [3.05, 3.63) is 70.5 Å². The summed E-state index contributed by atoms with van der Waals surface area (Å²) in [5.74, 6) is -5.63. The number of halogens is 3. The third-order valence-electron chi connectivity index (χ3n) is 5.34. The highest BCUT2D eigenvalue weighted by Gasteiger charge is 2.26. The fourth-order valence-corrected chi connectivity index (χ4v) is 3.49. The molecule has 0 unspecified atom stereocenters. The van der Waals surface area contributed by atoms with Crippen LogP contribution in [0.25, 0.3) is 0 Å². The lowest BCUT2D eigenvalue weighted by molar-refractivity contribution is -0.131. The molecule has 2 aromatic rings. The van der Waals surface area contributed by atoms with Gasteiger partial charge in [-0.15, -0.1) is 0 Å². The number of benzene rings is 2. The first-order valence-electron chi connectivity index (χ1n) is 10.1. The normalized spacial score (nSPS) is 14.3. The highest BCUT2D eigenvalue weighted by Crippen LogP contribution is 2.18. The number of carbonyl (C=O) groups excluding carboxylic acids is 3. The van der Waals surface area contributed by atoms with Crippen LogP contribution >= 0.6 is 0 Å². The zero-order valence-corrected chi connectivity index (χ0v) is 17.2. The van der Waals surface area contributed by atoms with Crippen LogP contribution in [-0.2, 0) is 4.79 Å². The monoisotopic (exact) mass is 432 g/mol. The van der Waals surface area contributed by atoms with Gasteiger partial charge >= 0.3 is 0 Å². The number of carbonyl (C=O) groups is 3. The highest BCUT2D eigenvalue weighted by molar-refractivity contribution is 5.98. The molecule has 0 N–H and O–H groups in total. The zero-order chi connectivity index (χ0) is 22.5. The van der Waals surface area contributed by atoms with Gasteiger partial charge in [0.2, 0.25) is 5.91 Å². The molecule has 164 valence electrons. The molecule has 1 aliphatic heterocycles. The molecule has 0 atom stereocenters. The van der Waals surface area contributed by atoms with Gasteiger partial charge < -0.3 is 9.80 Å². The molecule has 1 aliphatic rings. The van der Waals surface area contributed by atoms with Gasteiger partial charge in [-0.25, -0.2) is 13.2 Å². The van der Waals surface area contributed by atoms with E-state index in [0.717, 1.165) is 11.6 Å². The van der Waals surface area contributed by atoms with Crippen molar-refractivity contribution in [1.82, 2.24) is 9.80 Å². The van der Waals surface area contributed by atoms with Crippen molar-refractivity contribution < 1.29 is 27.6 Å². The Balaban J connectivity index is 1.56. The highest BCUT2D eigenvalue weighted by atomic mass is 19.2. The molecule has 0 bridgehead atoms. The molecule has 0 radical (unpaired) electrons. The summed E-state index contributed by atoms with van der Waals surface area (Å²) in [4.78, 5) is 40.3. The topological polar surface area (TPSA) is 57.7 Å². The molecule has 0 spiro atoms. The Bertz CT molecular complexity index is 992. The molecule has 2 aromatic carbocycles. The lowest BCUT2D eigenvalue weighted by Gasteiger charge is -2.22. The van der Waals surface area contributed by atoms with E-state index >= 15 is 0 Å². The van der Waals surface area contributed by atoms with Crippen LogP contribution in [0.3, 0.4) is 0 Å². The second-order valence-corrected chi connectivity index (χ2v) is 7.54. The minimum Gasteiger partial charge on any atom is -0.341 e. The van der Waals surface area contributed by atoms with Gasteiger partial charge in [-0.3, -0.25) is 14.4 Å². The number of hydrogen-bond acceptors (Lipinski definition) is 3. The van der Waals surface area contributed by atoms with Crippen molar-refractivity contribution >= 4 is 17.6 Å². The number of amides is 2. The van der Waals surface area contributed by atoms with E-state index < -0.39 is 28.9 Å². The molecule has 1 fully saturated rings. The standard InChI is InChI=1S/C23H23F3N2O3/c1-15-3-5-16(6-4-15)19(29)9-10-20(30)27-11-2-12-28(14-13-27)23(31)17-7-8-18(24)22(26)21(17)25/h3-8H,2,9-14H2,1H3. The first-order chi connectivity index (χ1) is 14.8. The molecule has 1 saturated heterocycles. The second kappa shape index (κ2) is 9.76. The minimum atomic E-state index is -1.68. The molecule has 0 aliphatic carbocycles. The Kier molecular flexibility index (Phi) is 7.09. The van der Waals surface area contributed by atoms with Crippen LogP contribution in [0.15, 0.2) is 36.4 Å². The molecule has 0 saturated carbocycles. The Morgan fingerprint density at radius 3 is 2.16 bits per heavy atom. The van der Waals surface area contributed by atoms with E-state index in [1.54, 1.807) is 17.0 Å². The first kappa shape index (κ1) is 22.5. The predicted octanol–water partition coefficient (Wildman–Crippen LogP) is 3.75. The number of aryl methyl sites for hydroxylation is 1. The van der Waals surface area contributed by atoms with E-state index in [2.05, 4.69) is 0 Å². The molecule has 31 heavy (non-hydrogen) atoms. The van der Waals surface area contributed by atoms with Gasteiger partial charge in [0.15, 0.2) is 23.2 Å². The summed E-state index contributed by atoms with van der Waals surface area (Å²) in [7, 11) is 0. The maximum absolute atomic E-state index is 14.0. The van der Waals surface area contributed by atoms with Gasteiger partial charge in [0.25, 0.3) is 5.91 Å². The largest absolute Gasteiger partial charge is 0.341 e. The van der Waals surface area contributed by atoms with Crippen LogP contribution < -0.4 is 0 Å². The van der Waals surface area contributed by atoms with Gasteiger partial charge in [-0.2, -0.15) is 0 Å². The number of nitrogens with zero attached hydrogens (tertiary/aromatic N) is 2. The quantitative estimate of drug-likeness (QED) is 0.534. The smallest absolute Gasteiger partial charge is 0.257 e. The first-order valence-corrected chi connectivity index (χ1v) is 10.1. The van der Waals surface area contributed by atoms with Gasteiger partial charge in [-0.05, 0) is 25.5 Å². The number of rotatable bonds is 5. The lowest BCUT2D eigenvalue weighted by Crippen LogP contribution is -2.37. The lowest BCUT2D eigenvalue weighted by atomic mass is 10.0. The van der Waals surface area contributed by atoms with Crippen molar-refractivity contribution in [2.24, 2.45) is 0 Å². The summed E-state index contributed by atoms with van der Waals surface area (Å²) in [5.41, 5.74) is 1.06. The molecule has 2 amide bonds. The maximum Gasteiger partial charge on any atom is 0.257 e. The molecule has 0 aromatic heterocycles. The van der Waals surface area contributed by atoms with Crippen molar-refractivity contribution in [3.8, 4) is 0 Å². The van der Waals surface area contributed by atoms with E-state index in [-0.39, 0.29) is 44.2 Å². The van der Waals surface area contributed by atoms with Crippen LogP contribution in [0.5, 0.6) is 0 Å². The van der Waals surface area contributed by atoms with E-state index in [1.165, 1.54) is 4.90 Å². The summed E-state index contributed by atoms with van der Waals surface area (Å²) < 4.78 is 40.5. The predicted molar refractivity (Wildman–Crippen MR) is 108 cm³/mol. The van der Waals surface area contributed by atoms with Crippen LogP contribution in [-0.4, -0.2) is 53.6 Å². The number of Topliss-reactive ketones (excluding diaryl/α,β-unsaturated/α-hetero) is 1. The Hall–Kier alpha value is -3.16. The van der Waals surface area contributed by atoms with Gasteiger partial charge in [0.1, 0.15) is 0 Å². The van der Waals surface area contributed by atoms with Gasteiger partial charge in [0, 0.05) is 44.6 Å². The fourth-order valence-electron chi connectivity index (χ4n) is 3.49. The van der Waals surface area contributed by atoms with Crippen LogP contribution in [0.1, 0.15) is 45.5 Å². The zero-order valence-electron chi connectivity index (χ0n) is 17.2. The minimum absolute atomic E-state index is 0.0540. The van der Waals surface area contributed by atoms with Gasteiger partial charge in [-0.1, -0.05) is 29.8 Å². The summed E-state index contributed by atoms with van der Waals surface area (Å²) in [5, 5.41) is 0. The van der Waals surface area contributed by atoms with Crippen LogP contribution in [0.2, 0.25) is 0 Å². The third-order valence-corrected chi connectivity index (χ3v) is 5.34. The summed E-state index contributed by atoms with van der Waals surface area (Å²) >= 11 is 0. The number of hydrogen-bond donors (Lipinski definition) is 0. The Labute approximate surface area is 178 Å². The van der Waals surface area contributed by atoms with E-state index in [9.17, 15) is 27.6 Å². The molecule has 3 rings (SSSR count). The molecule has 8 heteroatoms. The molecule has 5 nitrogen and oxygen atoms in total. The van der Waals surface area contributed by atoms with Crippen LogP contribution in [0, 0.1) is 24.4 Å². The van der Waals surface area contributed by atoms with E-state index in [0.29, 0.717) is 24.6 Å². The van der Waals surface area contributed by atoms with E-state index in [1.807, 2.05) is 19.1 Å². The van der Waals surface area contributed by atoms with E-state index in [4.69, 9.17) is 0 Å². The van der Waals surface area contributed by atoms with Gasteiger partial charge in [0.05, 0.1) is 5.56 Å². The Morgan fingerprint density at radius 1 is 0.806 bits per heavy atom. The maximum atomic E-state index is 14.0. The summed E-state index contributed by atoms with van der Waals surface area (Å²) in [6, 6.07) is 8.77. The van der Waals surface area contributed by atoms with Crippen molar-refractivity contribution in [1.29, 1.82) is 0 Å². The fraction of sp³-hybridized carbons (Fsp3) is 0.348. The molecular formula is C23H23F3N2O3. The molecular weight excluding hydrogens is 409 g/mol. The average molecular weight is 432 g/mol. The Morgan fingerprint density at radius 2 is 1.45 bits per heavy atom. The summed E-state index contributed by atoms with van der Waals surface area (Å²) in [6.45, 7) is 2.92. The summed E-state index contributed by atoms with van der Waals surface area (Å²) in [6.07, 6.45) is 0.592. The average Bonchev–Trinajstić information content (AvgIpc) is 3.02. The van der Waals surface area contributed by atoms with Crippen molar-refractivity contribution in [2.45, 2.75) is 26.2 Å². The molecule has 1 heterocycles. The number of ketones is 1. The SMILES string of the molecule is Cc1ccc(C(=O)CCC(=O)N2CCCN(C(=O)c3ccc(F)c(F)c3F)CC2)cc1. The van der Waals surface area contributed by atoms with Crippen molar-refractivity contribution in [2.75, 3.05) is 26.2 Å². The third kappa shape index (κ3) is 5.31.